The second kappa shape index (κ2) is 7.44. The highest BCUT2D eigenvalue weighted by Crippen LogP contribution is 2.23. The summed E-state index contributed by atoms with van der Waals surface area (Å²) >= 11 is 5.91. The van der Waals surface area contributed by atoms with Crippen LogP contribution >= 0.6 is 11.6 Å². The molecule has 1 N–H and O–H groups in total. The highest BCUT2D eigenvalue weighted by atomic mass is 35.5. The van der Waals surface area contributed by atoms with Crippen molar-refractivity contribution in [1.82, 2.24) is 9.97 Å². The molecule has 0 bridgehead atoms. The van der Waals surface area contributed by atoms with Gasteiger partial charge < -0.3 is 10.1 Å². The first kappa shape index (κ1) is 17.1. The van der Waals surface area contributed by atoms with Gasteiger partial charge in [-0.25, -0.2) is 4.98 Å². The van der Waals surface area contributed by atoms with Crippen molar-refractivity contribution in [3.05, 3.63) is 59.2 Å². The van der Waals surface area contributed by atoms with E-state index in [0.717, 1.165) is 5.56 Å². The van der Waals surface area contributed by atoms with Gasteiger partial charge in [0.05, 0.1) is 11.2 Å². The molecule has 3 heterocycles. The molecular formula is C18H17ClN4O2. The first-order valence-corrected chi connectivity index (χ1v) is 8.14. The number of pyridine rings is 2. The third kappa shape index (κ3) is 4.64. The van der Waals surface area contributed by atoms with E-state index in [1.54, 1.807) is 30.6 Å². The summed E-state index contributed by atoms with van der Waals surface area (Å²) in [6, 6.07) is 4.74. The molecule has 0 fully saturated rings. The van der Waals surface area contributed by atoms with Gasteiger partial charge in [-0.3, -0.25) is 14.8 Å². The lowest BCUT2D eigenvalue weighted by atomic mass is 10.1. The molecule has 0 aliphatic carbocycles. The van der Waals surface area contributed by atoms with Gasteiger partial charge in [0.25, 0.3) is 5.91 Å². The van der Waals surface area contributed by atoms with Crippen molar-refractivity contribution >= 4 is 29.0 Å². The molecular weight excluding hydrogens is 340 g/mol. The number of anilines is 1. The molecule has 1 aliphatic heterocycles. The lowest BCUT2D eigenvalue weighted by Gasteiger charge is -2.20. The van der Waals surface area contributed by atoms with E-state index in [1.165, 1.54) is 6.20 Å². The zero-order valence-corrected chi connectivity index (χ0v) is 14.6. The number of allylic oxidation sites excluding steroid dienone is 1. The summed E-state index contributed by atoms with van der Waals surface area (Å²) in [6.07, 6.45) is 6.95. The SMILES string of the molecule is CC1=NC(C(=O)Nc2ccc(C)cn2)CC(Oc2cncc(Cl)c2)=C1. The predicted molar refractivity (Wildman–Crippen MR) is 97.1 cm³/mol. The predicted octanol–water partition coefficient (Wildman–Crippen LogP) is 3.57. The molecule has 0 spiro atoms. The van der Waals surface area contributed by atoms with Gasteiger partial charge in [0.1, 0.15) is 23.4 Å². The Labute approximate surface area is 150 Å². The summed E-state index contributed by atoms with van der Waals surface area (Å²) in [5.74, 6) is 1.43. The van der Waals surface area contributed by atoms with Crippen molar-refractivity contribution in [3.63, 3.8) is 0 Å². The van der Waals surface area contributed by atoms with Gasteiger partial charge in [-0.15, -0.1) is 0 Å². The number of aromatic nitrogens is 2. The number of aryl methyl sites for hydroxylation is 1. The van der Waals surface area contributed by atoms with Crippen LogP contribution in [-0.4, -0.2) is 27.6 Å². The Bertz CT molecular complexity index is 846. The maximum absolute atomic E-state index is 12.5. The number of hydrogen-bond donors (Lipinski definition) is 1. The summed E-state index contributed by atoms with van der Waals surface area (Å²) in [7, 11) is 0. The van der Waals surface area contributed by atoms with Crippen LogP contribution in [0.15, 0.2) is 53.6 Å². The van der Waals surface area contributed by atoms with Gasteiger partial charge in [-0.1, -0.05) is 17.7 Å². The molecule has 128 valence electrons. The second-order valence-corrected chi connectivity index (χ2v) is 6.19. The highest BCUT2D eigenvalue weighted by molar-refractivity contribution is 6.30. The Balaban J connectivity index is 1.68. The topological polar surface area (TPSA) is 76.5 Å². The van der Waals surface area contributed by atoms with Crippen molar-refractivity contribution in [2.75, 3.05) is 5.32 Å². The summed E-state index contributed by atoms with van der Waals surface area (Å²) in [5, 5.41) is 3.26. The summed E-state index contributed by atoms with van der Waals surface area (Å²) in [4.78, 5) is 25.0. The molecule has 1 amide bonds. The van der Waals surface area contributed by atoms with Crippen LogP contribution in [0.1, 0.15) is 18.9 Å². The normalized spacial score (nSPS) is 16.7. The molecule has 0 radical (unpaired) electrons. The number of ether oxygens (including phenoxy) is 1. The average molecular weight is 357 g/mol. The summed E-state index contributed by atoms with van der Waals surface area (Å²) < 4.78 is 5.79. The molecule has 1 aliphatic rings. The minimum absolute atomic E-state index is 0.228. The average Bonchev–Trinajstić information content (AvgIpc) is 2.56. The standard InChI is InChI=1S/C18H17ClN4O2/c1-11-3-4-17(21-8-11)23-18(24)16-7-14(5-12(2)22-16)25-15-6-13(19)9-20-10-15/h3-6,8-10,16H,7H2,1-2H3,(H,21,23,24). The van der Waals surface area contributed by atoms with Crippen molar-refractivity contribution < 1.29 is 9.53 Å². The maximum atomic E-state index is 12.5. The zero-order valence-electron chi connectivity index (χ0n) is 13.9. The van der Waals surface area contributed by atoms with E-state index >= 15 is 0 Å². The highest BCUT2D eigenvalue weighted by Gasteiger charge is 2.24. The van der Waals surface area contributed by atoms with E-state index in [0.29, 0.717) is 34.5 Å². The zero-order chi connectivity index (χ0) is 17.8. The third-order valence-corrected chi connectivity index (χ3v) is 3.72. The number of amides is 1. The lowest BCUT2D eigenvalue weighted by Crippen LogP contribution is -2.30. The van der Waals surface area contributed by atoms with Crippen molar-refractivity contribution in [3.8, 4) is 5.75 Å². The van der Waals surface area contributed by atoms with E-state index in [2.05, 4.69) is 20.3 Å². The molecule has 2 aromatic heterocycles. The van der Waals surface area contributed by atoms with Crippen molar-refractivity contribution in [2.45, 2.75) is 26.3 Å². The molecule has 1 unspecified atom stereocenters. The largest absolute Gasteiger partial charge is 0.460 e. The molecule has 0 saturated carbocycles. The van der Waals surface area contributed by atoms with Gasteiger partial charge in [0.2, 0.25) is 0 Å². The molecule has 25 heavy (non-hydrogen) atoms. The van der Waals surface area contributed by atoms with Crippen LogP contribution in [0, 0.1) is 6.92 Å². The minimum atomic E-state index is -0.574. The van der Waals surface area contributed by atoms with E-state index in [1.807, 2.05) is 19.9 Å². The molecule has 6 nitrogen and oxygen atoms in total. The Morgan fingerprint density at radius 3 is 2.84 bits per heavy atom. The van der Waals surface area contributed by atoms with E-state index in [-0.39, 0.29) is 5.91 Å². The maximum Gasteiger partial charge on any atom is 0.250 e. The van der Waals surface area contributed by atoms with E-state index in [4.69, 9.17) is 16.3 Å². The number of nitrogens with one attached hydrogen (secondary N) is 1. The Hall–Kier alpha value is -2.73. The number of dihydropyridines is 1. The van der Waals surface area contributed by atoms with Gasteiger partial charge in [0, 0.05) is 30.6 Å². The van der Waals surface area contributed by atoms with Gasteiger partial charge in [-0.05, 0) is 31.6 Å². The van der Waals surface area contributed by atoms with Crippen molar-refractivity contribution in [2.24, 2.45) is 4.99 Å². The number of carbonyl (C=O) groups excluding carboxylic acids is 1. The number of aliphatic imine (C=N–C) groups is 1. The van der Waals surface area contributed by atoms with Gasteiger partial charge in [-0.2, -0.15) is 0 Å². The molecule has 3 rings (SSSR count). The Kier molecular flexibility index (Phi) is 5.09. The molecule has 0 aromatic carbocycles. The first-order valence-electron chi connectivity index (χ1n) is 7.76. The molecule has 7 heteroatoms. The van der Waals surface area contributed by atoms with Crippen LogP contribution in [0.5, 0.6) is 5.75 Å². The monoisotopic (exact) mass is 356 g/mol. The summed E-state index contributed by atoms with van der Waals surface area (Å²) in [6.45, 7) is 3.76. The minimum Gasteiger partial charge on any atom is -0.460 e. The second-order valence-electron chi connectivity index (χ2n) is 5.75. The van der Waals surface area contributed by atoms with E-state index < -0.39 is 6.04 Å². The quantitative estimate of drug-likeness (QED) is 0.908. The first-order chi connectivity index (χ1) is 12.0. The summed E-state index contributed by atoms with van der Waals surface area (Å²) in [5.41, 5.74) is 1.74. The molecule has 2 aromatic rings. The molecule has 0 saturated heterocycles. The molecule has 1 atom stereocenters. The van der Waals surface area contributed by atoms with Crippen LogP contribution in [0.4, 0.5) is 5.82 Å². The van der Waals surface area contributed by atoms with Crippen LogP contribution in [0.2, 0.25) is 5.02 Å². The number of halogens is 1. The van der Waals surface area contributed by atoms with E-state index in [9.17, 15) is 4.79 Å². The van der Waals surface area contributed by atoms with Crippen LogP contribution < -0.4 is 10.1 Å². The number of carbonyl (C=O) groups is 1. The van der Waals surface area contributed by atoms with Gasteiger partial charge in [0.15, 0.2) is 0 Å². The fraction of sp³-hybridized carbons (Fsp3) is 0.222. The van der Waals surface area contributed by atoms with Crippen LogP contribution in [0.25, 0.3) is 0 Å². The fourth-order valence-corrected chi connectivity index (χ4v) is 2.55. The fourth-order valence-electron chi connectivity index (χ4n) is 2.38. The number of rotatable bonds is 4. The van der Waals surface area contributed by atoms with Crippen LogP contribution in [-0.2, 0) is 4.79 Å². The Morgan fingerprint density at radius 1 is 1.28 bits per heavy atom. The lowest BCUT2D eigenvalue weighted by molar-refractivity contribution is -0.117. The van der Waals surface area contributed by atoms with Gasteiger partial charge >= 0.3 is 0 Å². The van der Waals surface area contributed by atoms with Crippen LogP contribution in [0.3, 0.4) is 0 Å². The number of hydrogen-bond acceptors (Lipinski definition) is 5. The third-order valence-electron chi connectivity index (χ3n) is 3.52. The Morgan fingerprint density at radius 2 is 2.12 bits per heavy atom. The smallest absolute Gasteiger partial charge is 0.250 e. The van der Waals surface area contributed by atoms with Crippen molar-refractivity contribution in [1.29, 1.82) is 0 Å². The number of nitrogens with zero attached hydrogens (tertiary/aromatic N) is 3.